The fourth-order valence-corrected chi connectivity index (χ4v) is 7.62. The topological polar surface area (TPSA) is 69.0 Å². The van der Waals surface area contributed by atoms with Crippen molar-refractivity contribution in [3.8, 4) is 11.3 Å². The molecule has 1 saturated carbocycles. The number of hydrogen-bond donors (Lipinski definition) is 0. The van der Waals surface area contributed by atoms with Crippen LogP contribution >= 0.6 is 0 Å². The maximum absolute atomic E-state index is 14.6. The Labute approximate surface area is 232 Å². The molecule has 2 fully saturated rings. The lowest BCUT2D eigenvalue weighted by molar-refractivity contribution is -0.0471. The molecule has 0 amide bonds. The van der Waals surface area contributed by atoms with E-state index in [2.05, 4.69) is 36.0 Å². The SMILES string of the molecule is Cc1nc(N2CCO[C@@H]([C@@]34CC[C@@H](c5cc(-c6c(F)cccc6F)nnc53)C4(C)C)C2)n(Cc2ccccc2)n1. The maximum Gasteiger partial charge on any atom is 0.224 e. The second-order valence-electron chi connectivity index (χ2n) is 11.8. The Balaban J connectivity index is 1.24. The molecule has 1 saturated heterocycles. The van der Waals surface area contributed by atoms with Crippen LogP contribution in [0, 0.1) is 24.0 Å². The van der Waals surface area contributed by atoms with E-state index in [0.29, 0.717) is 26.2 Å². The smallest absolute Gasteiger partial charge is 0.224 e. The first-order valence-corrected chi connectivity index (χ1v) is 13.9. The quantitative estimate of drug-likeness (QED) is 0.335. The molecular weight excluding hydrogens is 510 g/mol. The van der Waals surface area contributed by atoms with E-state index in [4.69, 9.17) is 19.9 Å². The Morgan fingerprint density at radius 1 is 1.02 bits per heavy atom. The highest BCUT2D eigenvalue weighted by atomic mass is 19.1. The molecule has 4 aromatic rings. The van der Waals surface area contributed by atoms with Crippen LogP contribution in [0.15, 0.2) is 54.6 Å². The normalized spacial score (nSPS) is 24.9. The zero-order valence-corrected chi connectivity index (χ0v) is 22.9. The molecule has 7 rings (SSSR count). The summed E-state index contributed by atoms with van der Waals surface area (Å²) in [6.07, 6.45) is 1.75. The monoisotopic (exact) mass is 542 g/mol. The standard InChI is InChI=1S/C31H32F2N6O/c1-19-34-29(39(37-19)17-20-8-5-4-6-9-20)38-14-15-40-26(18-38)31-13-12-22(30(31,2)3)21-16-25(35-36-28(21)31)27-23(32)10-7-11-24(27)33/h4-11,16,22,26H,12-15,17-18H2,1-3H3/t22-,26+,31-/m0/s1. The largest absolute Gasteiger partial charge is 0.374 e. The van der Waals surface area contributed by atoms with Crippen LogP contribution in [-0.4, -0.2) is 50.8 Å². The highest BCUT2D eigenvalue weighted by molar-refractivity contribution is 5.63. The molecule has 2 aromatic heterocycles. The van der Waals surface area contributed by atoms with Gasteiger partial charge >= 0.3 is 0 Å². The lowest BCUT2D eigenvalue weighted by Crippen LogP contribution is -2.56. The summed E-state index contributed by atoms with van der Waals surface area (Å²) in [4.78, 5) is 7.10. The van der Waals surface area contributed by atoms with E-state index in [-0.39, 0.29) is 34.1 Å². The number of rotatable bonds is 5. The molecule has 0 N–H and O–H groups in total. The average molecular weight is 543 g/mol. The Morgan fingerprint density at radius 2 is 1.80 bits per heavy atom. The Kier molecular flexibility index (Phi) is 5.78. The molecule has 3 aliphatic rings. The molecule has 3 atom stereocenters. The molecular formula is C31H32F2N6O. The average Bonchev–Trinajstić information content (AvgIpc) is 3.51. The minimum absolute atomic E-state index is 0.124. The number of halogens is 2. The van der Waals surface area contributed by atoms with Crippen molar-refractivity contribution in [2.24, 2.45) is 5.41 Å². The molecule has 3 heterocycles. The van der Waals surface area contributed by atoms with E-state index < -0.39 is 11.6 Å². The predicted molar refractivity (Wildman–Crippen MR) is 147 cm³/mol. The first kappa shape index (κ1) is 25.3. The van der Waals surface area contributed by atoms with Crippen molar-refractivity contribution >= 4 is 5.95 Å². The molecule has 2 aliphatic carbocycles. The van der Waals surface area contributed by atoms with Crippen LogP contribution in [0.1, 0.15) is 55.3 Å². The van der Waals surface area contributed by atoms with Crippen LogP contribution in [0.2, 0.25) is 0 Å². The zero-order chi connectivity index (χ0) is 27.6. The third kappa shape index (κ3) is 3.63. The third-order valence-electron chi connectivity index (χ3n) is 9.52. The number of fused-ring (bicyclic) bond motifs is 5. The molecule has 206 valence electrons. The maximum atomic E-state index is 14.6. The van der Waals surface area contributed by atoms with Crippen molar-refractivity contribution < 1.29 is 13.5 Å². The second-order valence-corrected chi connectivity index (χ2v) is 11.8. The Bertz CT molecular complexity index is 1570. The summed E-state index contributed by atoms with van der Waals surface area (Å²) >= 11 is 0. The number of anilines is 1. The van der Waals surface area contributed by atoms with Crippen LogP contribution in [0.4, 0.5) is 14.7 Å². The summed E-state index contributed by atoms with van der Waals surface area (Å²) in [6.45, 7) is 9.04. The van der Waals surface area contributed by atoms with Crippen molar-refractivity contribution in [3.05, 3.63) is 88.9 Å². The lowest BCUT2D eigenvalue weighted by atomic mass is 9.64. The predicted octanol–water partition coefficient (Wildman–Crippen LogP) is 5.43. The van der Waals surface area contributed by atoms with E-state index in [9.17, 15) is 8.78 Å². The van der Waals surface area contributed by atoms with Crippen molar-refractivity contribution in [3.63, 3.8) is 0 Å². The third-order valence-corrected chi connectivity index (χ3v) is 9.52. The van der Waals surface area contributed by atoms with Crippen LogP contribution < -0.4 is 4.90 Å². The number of morpholine rings is 1. The molecule has 7 nitrogen and oxygen atoms in total. The number of benzene rings is 2. The van der Waals surface area contributed by atoms with E-state index >= 15 is 0 Å². The summed E-state index contributed by atoms with van der Waals surface area (Å²) in [6, 6.07) is 16.0. The highest BCUT2D eigenvalue weighted by Gasteiger charge is 2.67. The van der Waals surface area contributed by atoms with Gasteiger partial charge < -0.3 is 9.64 Å². The van der Waals surface area contributed by atoms with Gasteiger partial charge in [0.05, 0.1) is 36.2 Å². The van der Waals surface area contributed by atoms with Crippen molar-refractivity contribution in [1.82, 2.24) is 25.0 Å². The van der Waals surface area contributed by atoms with Gasteiger partial charge in [-0.3, -0.25) is 0 Å². The van der Waals surface area contributed by atoms with Crippen molar-refractivity contribution in [2.75, 3.05) is 24.6 Å². The van der Waals surface area contributed by atoms with Gasteiger partial charge in [-0.1, -0.05) is 50.2 Å². The summed E-state index contributed by atoms with van der Waals surface area (Å²) < 4.78 is 37.8. The van der Waals surface area contributed by atoms with Crippen LogP contribution in [0.5, 0.6) is 0 Å². The fraction of sp³-hybridized carbons (Fsp3) is 0.419. The van der Waals surface area contributed by atoms with E-state index in [1.165, 1.54) is 23.8 Å². The minimum atomic E-state index is -0.632. The van der Waals surface area contributed by atoms with Gasteiger partial charge in [0.1, 0.15) is 17.5 Å². The first-order valence-electron chi connectivity index (χ1n) is 13.9. The van der Waals surface area contributed by atoms with Gasteiger partial charge in [-0.15, -0.1) is 0 Å². The molecule has 2 bridgehead atoms. The van der Waals surface area contributed by atoms with Gasteiger partial charge in [0.2, 0.25) is 5.95 Å². The molecule has 2 aromatic carbocycles. The second kappa shape index (κ2) is 9.16. The van der Waals surface area contributed by atoms with Gasteiger partial charge in [0, 0.05) is 18.5 Å². The number of aryl methyl sites for hydroxylation is 1. The van der Waals surface area contributed by atoms with E-state index in [0.717, 1.165) is 35.9 Å². The van der Waals surface area contributed by atoms with Crippen molar-refractivity contribution in [1.29, 1.82) is 0 Å². The summed E-state index contributed by atoms with van der Waals surface area (Å²) in [5.41, 5.74) is 2.68. The van der Waals surface area contributed by atoms with Crippen LogP contribution in [0.3, 0.4) is 0 Å². The van der Waals surface area contributed by atoms with Crippen molar-refractivity contribution in [2.45, 2.75) is 57.6 Å². The Hall–Kier alpha value is -3.72. The molecule has 1 aliphatic heterocycles. The first-order chi connectivity index (χ1) is 19.3. The molecule has 40 heavy (non-hydrogen) atoms. The zero-order valence-electron chi connectivity index (χ0n) is 22.9. The number of ether oxygens (including phenoxy) is 1. The van der Waals surface area contributed by atoms with Gasteiger partial charge in [0.25, 0.3) is 0 Å². The Morgan fingerprint density at radius 3 is 2.58 bits per heavy atom. The highest BCUT2D eigenvalue weighted by Crippen LogP contribution is 2.69. The fourth-order valence-electron chi connectivity index (χ4n) is 7.62. The summed E-state index contributed by atoms with van der Waals surface area (Å²) in [5.74, 6) is 0.515. The number of aromatic nitrogens is 5. The van der Waals surface area contributed by atoms with Gasteiger partial charge in [-0.25, -0.2) is 13.5 Å². The van der Waals surface area contributed by atoms with Crippen LogP contribution in [0.25, 0.3) is 11.3 Å². The molecule has 0 unspecified atom stereocenters. The van der Waals surface area contributed by atoms with Gasteiger partial charge in [-0.05, 0) is 60.4 Å². The molecule has 9 heteroatoms. The number of hydrogen-bond acceptors (Lipinski definition) is 6. The van der Waals surface area contributed by atoms with Crippen LogP contribution in [-0.2, 0) is 16.7 Å². The summed E-state index contributed by atoms with van der Waals surface area (Å²) in [5, 5.41) is 13.8. The molecule has 0 radical (unpaired) electrons. The summed E-state index contributed by atoms with van der Waals surface area (Å²) in [7, 11) is 0. The molecule has 0 spiro atoms. The number of nitrogens with zero attached hydrogens (tertiary/aromatic N) is 6. The van der Waals surface area contributed by atoms with E-state index in [1.54, 1.807) is 0 Å². The van der Waals surface area contributed by atoms with E-state index in [1.807, 2.05) is 35.9 Å². The minimum Gasteiger partial charge on any atom is -0.374 e. The lowest BCUT2D eigenvalue weighted by Gasteiger charge is -2.47. The van der Waals surface area contributed by atoms with Gasteiger partial charge in [-0.2, -0.15) is 20.3 Å². The van der Waals surface area contributed by atoms with Gasteiger partial charge in [0.15, 0.2) is 0 Å².